The molecule has 0 bridgehead atoms. The predicted molar refractivity (Wildman–Crippen MR) is 209 cm³/mol. The van der Waals surface area contributed by atoms with Crippen LogP contribution in [-0.2, 0) is 28.6 Å². The summed E-state index contributed by atoms with van der Waals surface area (Å²) in [5.41, 5.74) is 9.94. The van der Waals surface area contributed by atoms with E-state index in [1.165, 1.54) is 37.8 Å². The molecule has 4 heterocycles. The number of nitrogens with two attached hydrogens (primary N) is 2. The van der Waals surface area contributed by atoms with Crippen LogP contribution < -0.4 is 38.8 Å². The number of unbranched alkanes of at least 4 members (excludes halogenated alkanes) is 3. The first kappa shape index (κ1) is 44.0. The molecule has 0 spiro atoms. The number of anilines is 2. The molecular weight excluding hydrogens is 755 g/mol. The average molecular weight is 810 g/mol. The monoisotopic (exact) mass is 809 g/mol. The summed E-state index contributed by atoms with van der Waals surface area (Å²) in [6.45, 7) is 4.78. The molecule has 2 aliphatic rings. The molecule has 4 rings (SSSR count). The number of nitrogens with one attached hydrogen (secondary N) is 3. The molecule has 2 aliphatic heterocycles. The fraction of sp³-hybridized carbons (Fsp3) is 0.686. The van der Waals surface area contributed by atoms with Crippen molar-refractivity contribution in [1.29, 1.82) is 0 Å². The number of hydrogen-bond donors (Lipinski definition) is 6. The molecule has 306 valence electrons. The number of ether oxygens (including phenoxy) is 3. The molecule has 8 N–H and O–H groups in total. The molecule has 6 atom stereocenters. The van der Waals surface area contributed by atoms with E-state index in [-0.39, 0.29) is 42.4 Å². The number of methoxy groups -OCH3 is 1. The van der Waals surface area contributed by atoms with Crippen molar-refractivity contribution in [1.82, 2.24) is 35.1 Å². The van der Waals surface area contributed by atoms with Crippen LogP contribution in [0.5, 0.6) is 0 Å². The van der Waals surface area contributed by atoms with Crippen LogP contribution in [0.15, 0.2) is 32.9 Å². The molecule has 20 heteroatoms. The van der Waals surface area contributed by atoms with E-state index >= 15 is 0 Å². The molecule has 0 radical (unpaired) electrons. The lowest BCUT2D eigenvalue weighted by Gasteiger charge is -2.25. The lowest BCUT2D eigenvalue weighted by molar-refractivity contribution is -0.129. The number of carbonyl (C=O) groups is 3. The van der Waals surface area contributed by atoms with Gasteiger partial charge in [-0.3, -0.25) is 23.5 Å². The summed E-state index contributed by atoms with van der Waals surface area (Å²) in [6.07, 6.45) is 6.60. The highest BCUT2D eigenvalue weighted by molar-refractivity contribution is 8.76. The van der Waals surface area contributed by atoms with Crippen LogP contribution in [0.1, 0.15) is 96.9 Å². The summed E-state index contributed by atoms with van der Waals surface area (Å²) < 4.78 is 19.7. The van der Waals surface area contributed by atoms with E-state index in [1.54, 1.807) is 18.5 Å². The normalized spacial score (nSPS) is 22.7. The Balaban J connectivity index is 1.17. The second kappa shape index (κ2) is 21.6. The van der Waals surface area contributed by atoms with Crippen molar-refractivity contribution < 1.29 is 33.7 Å². The van der Waals surface area contributed by atoms with Gasteiger partial charge in [-0.25, -0.2) is 9.59 Å². The largest absolute Gasteiger partial charge is 0.390 e. The number of amides is 3. The van der Waals surface area contributed by atoms with Gasteiger partial charge in [0.05, 0.1) is 23.2 Å². The van der Waals surface area contributed by atoms with Crippen LogP contribution >= 0.6 is 21.6 Å². The third kappa shape index (κ3) is 13.5. The summed E-state index contributed by atoms with van der Waals surface area (Å²) in [5, 5.41) is 19.0. The van der Waals surface area contributed by atoms with Crippen molar-refractivity contribution >= 4 is 50.9 Å². The Morgan fingerprint density at radius 1 is 1.07 bits per heavy atom. The molecule has 18 nitrogen and oxygen atoms in total. The first-order chi connectivity index (χ1) is 26.3. The maximum atomic E-state index is 13.2. The fourth-order valence-electron chi connectivity index (χ4n) is 6.22. The van der Waals surface area contributed by atoms with Crippen molar-refractivity contribution in [2.75, 3.05) is 44.0 Å². The van der Waals surface area contributed by atoms with Crippen LogP contribution in [0.4, 0.5) is 11.6 Å². The Bertz CT molecular complexity index is 1710. The van der Waals surface area contributed by atoms with Gasteiger partial charge in [0.2, 0.25) is 17.7 Å². The lowest BCUT2D eigenvalue weighted by atomic mass is 10.0. The number of hydrogen-bond acceptors (Lipinski definition) is 15. The summed E-state index contributed by atoms with van der Waals surface area (Å²) in [4.78, 5) is 71.3. The molecule has 0 aliphatic carbocycles. The van der Waals surface area contributed by atoms with E-state index in [9.17, 15) is 29.1 Å². The maximum Gasteiger partial charge on any atom is 0.351 e. The van der Waals surface area contributed by atoms with Gasteiger partial charge in [0, 0.05) is 57.6 Å². The second-order valence-electron chi connectivity index (χ2n) is 14.0. The zero-order valence-electron chi connectivity index (χ0n) is 31.7. The van der Waals surface area contributed by atoms with Gasteiger partial charge in [-0.05, 0) is 51.5 Å². The van der Waals surface area contributed by atoms with E-state index in [0.29, 0.717) is 81.5 Å². The molecule has 2 aromatic rings. The first-order valence-corrected chi connectivity index (χ1v) is 21.0. The summed E-state index contributed by atoms with van der Waals surface area (Å²) in [6, 6.07) is 0.801. The smallest absolute Gasteiger partial charge is 0.351 e. The van der Waals surface area contributed by atoms with Crippen molar-refractivity contribution in [3.05, 3.63) is 39.4 Å². The summed E-state index contributed by atoms with van der Waals surface area (Å²) >= 11 is 0. The lowest BCUT2D eigenvalue weighted by Crippen LogP contribution is -2.47. The van der Waals surface area contributed by atoms with Gasteiger partial charge in [0.15, 0.2) is 0 Å². The Labute approximate surface area is 328 Å². The zero-order chi connectivity index (χ0) is 40.0. The maximum absolute atomic E-state index is 13.2. The Morgan fingerprint density at radius 3 is 2.58 bits per heavy atom. The Morgan fingerprint density at radius 2 is 1.84 bits per heavy atom. The molecule has 2 aromatic heterocycles. The number of rotatable bonds is 22. The van der Waals surface area contributed by atoms with Crippen molar-refractivity contribution in [2.24, 2.45) is 0 Å². The van der Waals surface area contributed by atoms with Crippen LogP contribution in [0.25, 0.3) is 0 Å². The van der Waals surface area contributed by atoms with Crippen LogP contribution in [0, 0.1) is 0 Å². The van der Waals surface area contributed by atoms with Gasteiger partial charge in [0.25, 0.3) is 0 Å². The highest BCUT2D eigenvalue weighted by Gasteiger charge is 2.38. The minimum Gasteiger partial charge on any atom is -0.390 e. The van der Waals surface area contributed by atoms with Crippen LogP contribution in [-0.4, -0.2) is 98.3 Å². The molecule has 2 fully saturated rings. The quantitative estimate of drug-likeness (QED) is 0.0730. The third-order valence-electron chi connectivity index (χ3n) is 9.38. The number of nitrogen functional groups attached to an aromatic ring is 2. The van der Waals surface area contributed by atoms with E-state index < -0.39 is 47.7 Å². The first-order valence-electron chi connectivity index (χ1n) is 18.7. The van der Waals surface area contributed by atoms with Gasteiger partial charge in [0.1, 0.15) is 36.2 Å². The number of aliphatic hydroxyl groups excluding tert-OH is 1. The molecule has 0 saturated carbocycles. The van der Waals surface area contributed by atoms with Gasteiger partial charge in [-0.15, -0.1) is 0 Å². The summed E-state index contributed by atoms with van der Waals surface area (Å²) in [5.74, 6) is 0.0933. The second-order valence-corrected chi connectivity index (χ2v) is 16.4. The molecule has 2 unspecified atom stereocenters. The standard InChI is InChI=1S/C35H55N9O9S2/c1-4-5-9-28(47)40-22(13-17-54-55-25-19-44(34(50)42-31(25)37)30-18-23(45)24(52-30)20-51-3)32(48)38-15-8-6-7-10-27(46)39-21-35(2)14-11-29(53-35)43-16-12-26(36)41-33(43)49/h12,16,19,22-24,29-30,45H,4-11,13-15,17-18,20-21H2,1-3H3,(H,38,48)(H,39,46)(H,40,47)(H2,36,41,49)(H2,37,42,50)/t22?,23?,24-,29-,30-,35+/m1/s1. The predicted octanol–water partition coefficient (Wildman–Crippen LogP) is 1.63. The van der Waals surface area contributed by atoms with E-state index in [1.807, 2.05) is 13.8 Å². The number of nitrogens with zero attached hydrogens (tertiary/aromatic N) is 4. The van der Waals surface area contributed by atoms with Gasteiger partial charge >= 0.3 is 11.4 Å². The number of aromatic nitrogens is 4. The van der Waals surface area contributed by atoms with Crippen molar-refractivity contribution in [2.45, 2.75) is 126 Å². The highest BCUT2D eigenvalue weighted by Crippen LogP contribution is 2.36. The topological polar surface area (TPSA) is 257 Å². The summed E-state index contributed by atoms with van der Waals surface area (Å²) in [7, 11) is 4.19. The zero-order valence-corrected chi connectivity index (χ0v) is 33.3. The van der Waals surface area contributed by atoms with Crippen LogP contribution in [0.2, 0.25) is 0 Å². The fourth-order valence-corrected chi connectivity index (χ4v) is 8.35. The van der Waals surface area contributed by atoms with Crippen molar-refractivity contribution in [3.63, 3.8) is 0 Å². The van der Waals surface area contributed by atoms with E-state index in [4.69, 9.17) is 25.7 Å². The number of aliphatic hydroxyl groups is 1. The molecule has 0 aromatic carbocycles. The van der Waals surface area contributed by atoms with Crippen molar-refractivity contribution in [3.8, 4) is 0 Å². The van der Waals surface area contributed by atoms with Crippen LogP contribution in [0.3, 0.4) is 0 Å². The SMILES string of the molecule is CCCCC(=O)NC(CCSSc1cn([C@H]2CC(O)[C@@H](COC)O2)c(=O)nc1N)C(=O)NCCCCCC(=O)NC[C@]1(C)CC[C@H](n2ccc(N)nc2=O)O1. The number of carbonyl (C=O) groups excluding carboxylic acids is 3. The Hall–Kier alpha value is -3.69. The van der Waals surface area contributed by atoms with E-state index in [0.717, 1.165) is 6.42 Å². The molecule has 3 amide bonds. The minimum atomic E-state index is -0.792. The third-order valence-corrected chi connectivity index (χ3v) is 11.8. The van der Waals surface area contributed by atoms with Gasteiger partial charge < -0.3 is 46.7 Å². The highest BCUT2D eigenvalue weighted by atomic mass is 33.1. The van der Waals surface area contributed by atoms with Gasteiger partial charge in [-0.1, -0.05) is 41.4 Å². The molecular formula is C35H55N9O9S2. The average Bonchev–Trinajstić information content (AvgIpc) is 3.71. The van der Waals surface area contributed by atoms with Gasteiger partial charge in [-0.2, -0.15) is 9.97 Å². The van der Waals surface area contributed by atoms with E-state index in [2.05, 4.69) is 25.9 Å². The minimum absolute atomic E-state index is 0.0584. The molecule has 55 heavy (non-hydrogen) atoms. The molecule has 2 saturated heterocycles. The Kier molecular flexibility index (Phi) is 17.3.